The minimum absolute atomic E-state index is 0.426. The van der Waals surface area contributed by atoms with Gasteiger partial charge in [-0.2, -0.15) is 11.8 Å². The van der Waals surface area contributed by atoms with Crippen molar-refractivity contribution in [3.8, 4) is 0 Å². The van der Waals surface area contributed by atoms with E-state index in [0.29, 0.717) is 4.75 Å². The molecule has 0 amide bonds. The van der Waals surface area contributed by atoms with Gasteiger partial charge >= 0.3 is 0 Å². The van der Waals surface area contributed by atoms with Gasteiger partial charge in [0.15, 0.2) is 0 Å². The highest BCUT2D eigenvalue weighted by molar-refractivity contribution is 8.00. The van der Waals surface area contributed by atoms with E-state index in [0.717, 1.165) is 23.3 Å². The van der Waals surface area contributed by atoms with Crippen LogP contribution in [0, 0.1) is 6.92 Å². The molecule has 3 rings (SSSR count). The van der Waals surface area contributed by atoms with Crippen LogP contribution in [0.1, 0.15) is 25.0 Å². The fraction of sp³-hybridized carbons (Fsp3) is 0.438. The second kappa shape index (κ2) is 5.17. The monoisotopic (exact) mass is 287 g/mol. The maximum Gasteiger partial charge on any atom is 0.0423 e. The molecule has 1 aromatic carbocycles. The molecule has 0 spiro atoms. The van der Waals surface area contributed by atoms with Gasteiger partial charge in [-0.3, -0.25) is 4.98 Å². The number of nitrogens with two attached hydrogens (primary N) is 1. The number of thioether (sulfide) groups is 1. The van der Waals surface area contributed by atoms with E-state index < -0.39 is 0 Å². The van der Waals surface area contributed by atoms with Gasteiger partial charge in [-0.25, -0.2) is 0 Å². The third-order valence-corrected chi connectivity index (χ3v) is 5.79. The number of hydrogen-bond donors (Lipinski definition) is 2. The molecular weight excluding hydrogens is 266 g/mol. The quantitative estimate of drug-likeness (QED) is 0.839. The SMILES string of the molecule is CSC1(CNc2ccc(N)c3cnc(C)cc23)CCC1. The molecule has 0 aliphatic heterocycles. The van der Waals surface area contributed by atoms with Crippen molar-refractivity contribution in [2.24, 2.45) is 0 Å². The summed E-state index contributed by atoms with van der Waals surface area (Å²) in [6.45, 7) is 3.04. The molecule has 0 atom stereocenters. The summed E-state index contributed by atoms with van der Waals surface area (Å²) in [5.41, 5.74) is 9.03. The lowest BCUT2D eigenvalue weighted by atomic mass is 9.84. The summed E-state index contributed by atoms with van der Waals surface area (Å²) >= 11 is 1.99. The predicted octanol–water partition coefficient (Wildman–Crippen LogP) is 3.82. The van der Waals surface area contributed by atoms with Crippen molar-refractivity contribution < 1.29 is 0 Å². The van der Waals surface area contributed by atoms with Crippen molar-refractivity contribution in [3.63, 3.8) is 0 Å². The molecule has 0 saturated heterocycles. The van der Waals surface area contributed by atoms with Crippen molar-refractivity contribution in [2.75, 3.05) is 23.9 Å². The summed E-state index contributed by atoms with van der Waals surface area (Å²) < 4.78 is 0.426. The number of anilines is 2. The maximum atomic E-state index is 6.05. The lowest BCUT2D eigenvalue weighted by molar-refractivity contribution is 0.380. The average Bonchev–Trinajstić information content (AvgIpc) is 2.40. The Morgan fingerprint density at radius 3 is 2.80 bits per heavy atom. The second-order valence-corrected chi connectivity index (χ2v) is 6.94. The summed E-state index contributed by atoms with van der Waals surface area (Å²) in [6.07, 6.45) is 8.08. The highest BCUT2D eigenvalue weighted by Gasteiger charge is 2.35. The Bertz CT molecular complexity index is 629. The first-order chi connectivity index (χ1) is 9.63. The molecular formula is C16H21N3S. The summed E-state index contributed by atoms with van der Waals surface area (Å²) in [5.74, 6) is 0. The van der Waals surface area contributed by atoms with Crippen LogP contribution in [-0.4, -0.2) is 22.5 Å². The van der Waals surface area contributed by atoms with Gasteiger partial charge in [0.05, 0.1) is 0 Å². The third kappa shape index (κ3) is 2.33. The van der Waals surface area contributed by atoms with Gasteiger partial charge in [0.25, 0.3) is 0 Å². The van der Waals surface area contributed by atoms with E-state index in [1.54, 1.807) is 0 Å². The van der Waals surface area contributed by atoms with E-state index >= 15 is 0 Å². The zero-order chi connectivity index (χ0) is 14.2. The molecule has 1 aromatic heterocycles. The van der Waals surface area contributed by atoms with E-state index in [1.807, 2.05) is 30.9 Å². The molecule has 0 radical (unpaired) electrons. The molecule has 4 heteroatoms. The summed E-state index contributed by atoms with van der Waals surface area (Å²) in [6, 6.07) is 6.17. The highest BCUT2D eigenvalue weighted by atomic mass is 32.2. The number of hydrogen-bond acceptors (Lipinski definition) is 4. The maximum absolute atomic E-state index is 6.05. The molecule has 106 valence electrons. The number of rotatable bonds is 4. The van der Waals surface area contributed by atoms with Crippen LogP contribution >= 0.6 is 11.8 Å². The van der Waals surface area contributed by atoms with Gasteiger partial charge in [-0.1, -0.05) is 6.42 Å². The minimum Gasteiger partial charge on any atom is -0.398 e. The van der Waals surface area contributed by atoms with Crippen LogP contribution in [0.25, 0.3) is 10.8 Å². The van der Waals surface area contributed by atoms with Gasteiger partial charge in [-0.05, 0) is 44.2 Å². The number of benzene rings is 1. The fourth-order valence-electron chi connectivity index (χ4n) is 2.80. The average molecular weight is 287 g/mol. The molecule has 1 heterocycles. The molecule has 1 aliphatic rings. The minimum atomic E-state index is 0.426. The lowest BCUT2D eigenvalue weighted by Crippen LogP contribution is -2.40. The largest absolute Gasteiger partial charge is 0.398 e. The van der Waals surface area contributed by atoms with Crippen molar-refractivity contribution in [2.45, 2.75) is 30.9 Å². The van der Waals surface area contributed by atoms with Crippen molar-refractivity contribution in [1.82, 2.24) is 4.98 Å². The van der Waals surface area contributed by atoms with E-state index in [4.69, 9.17) is 5.73 Å². The van der Waals surface area contributed by atoms with Crippen molar-refractivity contribution in [1.29, 1.82) is 0 Å². The van der Waals surface area contributed by atoms with Crippen molar-refractivity contribution in [3.05, 3.63) is 30.1 Å². The summed E-state index contributed by atoms with van der Waals surface area (Å²) in [7, 11) is 0. The number of fused-ring (bicyclic) bond motifs is 1. The van der Waals surface area contributed by atoms with Gasteiger partial charge in [-0.15, -0.1) is 0 Å². The molecule has 1 fully saturated rings. The summed E-state index contributed by atoms with van der Waals surface area (Å²) in [4.78, 5) is 4.35. The van der Waals surface area contributed by atoms with E-state index in [9.17, 15) is 0 Å². The van der Waals surface area contributed by atoms with E-state index in [1.165, 1.54) is 30.3 Å². The first kappa shape index (κ1) is 13.6. The van der Waals surface area contributed by atoms with E-state index in [2.05, 4.69) is 28.7 Å². The Morgan fingerprint density at radius 2 is 2.15 bits per heavy atom. The molecule has 20 heavy (non-hydrogen) atoms. The van der Waals surface area contributed by atoms with Gasteiger partial charge in [0.2, 0.25) is 0 Å². The fourth-order valence-corrected chi connectivity index (χ4v) is 3.71. The number of pyridine rings is 1. The Morgan fingerprint density at radius 1 is 1.35 bits per heavy atom. The molecule has 3 N–H and O–H groups in total. The number of nitrogen functional groups attached to an aromatic ring is 1. The summed E-state index contributed by atoms with van der Waals surface area (Å²) in [5, 5.41) is 5.84. The molecule has 2 aromatic rings. The molecule has 0 bridgehead atoms. The number of aryl methyl sites for hydroxylation is 1. The van der Waals surface area contributed by atoms with Crippen molar-refractivity contribution >= 4 is 33.9 Å². The molecule has 3 nitrogen and oxygen atoms in total. The standard InChI is InChI=1S/C16H21N3S/c1-11-8-12-13(9-18-11)14(17)4-5-15(12)19-10-16(20-2)6-3-7-16/h4-5,8-9,19H,3,6-7,10,17H2,1-2H3. The number of aromatic nitrogens is 1. The zero-order valence-corrected chi connectivity index (χ0v) is 12.9. The van der Waals surface area contributed by atoms with Crippen LogP contribution in [0.5, 0.6) is 0 Å². The highest BCUT2D eigenvalue weighted by Crippen LogP contribution is 2.43. The Labute approximate surface area is 124 Å². The first-order valence-corrected chi connectivity index (χ1v) is 8.30. The van der Waals surface area contributed by atoms with Crippen LogP contribution in [0.15, 0.2) is 24.4 Å². The molecule has 1 saturated carbocycles. The van der Waals surface area contributed by atoms with Crippen LogP contribution in [-0.2, 0) is 0 Å². The molecule has 1 aliphatic carbocycles. The lowest BCUT2D eigenvalue weighted by Gasteiger charge is -2.40. The van der Waals surface area contributed by atoms with Gasteiger partial charge in [0, 0.05) is 45.3 Å². The first-order valence-electron chi connectivity index (χ1n) is 7.07. The zero-order valence-electron chi connectivity index (χ0n) is 12.1. The number of nitrogens with one attached hydrogen (secondary N) is 1. The van der Waals surface area contributed by atoms with E-state index in [-0.39, 0.29) is 0 Å². The topological polar surface area (TPSA) is 50.9 Å². The third-order valence-electron chi connectivity index (χ3n) is 4.37. The van der Waals surface area contributed by atoms with Crippen LogP contribution in [0.2, 0.25) is 0 Å². The Hall–Kier alpha value is -1.42. The van der Waals surface area contributed by atoms with Gasteiger partial charge in [0.1, 0.15) is 0 Å². The Kier molecular flexibility index (Phi) is 3.50. The van der Waals surface area contributed by atoms with Crippen LogP contribution in [0.3, 0.4) is 0 Å². The van der Waals surface area contributed by atoms with Gasteiger partial charge < -0.3 is 11.1 Å². The van der Waals surface area contributed by atoms with Crippen LogP contribution < -0.4 is 11.1 Å². The molecule has 0 unspecified atom stereocenters. The smallest absolute Gasteiger partial charge is 0.0423 e. The normalized spacial score (nSPS) is 16.9. The second-order valence-electron chi connectivity index (χ2n) is 5.67. The van der Waals surface area contributed by atoms with Crippen LogP contribution in [0.4, 0.5) is 11.4 Å². The number of nitrogens with zero attached hydrogens (tertiary/aromatic N) is 1. The Balaban J connectivity index is 1.91. The predicted molar refractivity (Wildman–Crippen MR) is 89.5 cm³/mol.